The summed E-state index contributed by atoms with van der Waals surface area (Å²) in [6.45, 7) is 3.87. The number of rotatable bonds is 3. The SMILES string of the molecule is CC1(CSc2nccnc2N)COC1. The number of nitrogens with two attached hydrogens (primary N) is 1. The van der Waals surface area contributed by atoms with Gasteiger partial charge in [-0.1, -0.05) is 6.92 Å². The lowest BCUT2D eigenvalue weighted by Crippen LogP contribution is -2.41. The zero-order chi connectivity index (χ0) is 10.0. The molecule has 1 aromatic heterocycles. The Hall–Kier alpha value is -0.810. The first-order valence-corrected chi connectivity index (χ1v) is 5.45. The average molecular weight is 211 g/mol. The Kier molecular flexibility index (Phi) is 2.60. The van der Waals surface area contributed by atoms with Gasteiger partial charge in [-0.2, -0.15) is 0 Å². The zero-order valence-corrected chi connectivity index (χ0v) is 8.88. The number of anilines is 1. The molecule has 2 rings (SSSR count). The van der Waals surface area contributed by atoms with Crippen molar-refractivity contribution in [3.05, 3.63) is 12.4 Å². The molecule has 1 fully saturated rings. The standard InChI is InChI=1S/C9H13N3OS/c1-9(4-13-5-9)6-14-8-7(10)11-2-3-12-8/h2-3H,4-6H2,1H3,(H2,10,11). The van der Waals surface area contributed by atoms with E-state index in [2.05, 4.69) is 16.9 Å². The van der Waals surface area contributed by atoms with Crippen LogP contribution in [0.1, 0.15) is 6.92 Å². The van der Waals surface area contributed by atoms with Gasteiger partial charge in [0.05, 0.1) is 13.2 Å². The Morgan fingerprint density at radius 1 is 1.50 bits per heavy atom. The van der Waals surface area contributed by atoms with Gasteiger partial charge >= 0.3 is 0 Å². The van der Waals surface area contributed by atoms with Gasteiger partial charge in [-0.25, -0.2) is 9.97 Å². The minimum atomic E-state index is 0.286. The second kappa shape index (κ2) is 3.74. The average Bonchev–Trinajstić information content (AvgIpc) is 2.14. The van der Waals surface area contributed by atoms with Gasteiger partial charge in [-0.15, -0.1) is 11.8 Å². The first-order valence-electron chi connectivity index (χ1n) is 4.47. The lowest BCUT2D eigenvalue weighted by Gasteiger charge is -2.37. The summed E-state index contributed by atoms with van der Waals surface area (Å²) in [6, 6.07) is 0. The Morgan fingerprint density at radius 2 is 2.21 bits per heavy atom. The highest BCUT2D eigenvalue weighted by Gasteiger charge is 2.33. The normalized spacial score (nSPS) is 18.9. The van der Waals surface area contributed by atoms with Crippen LogP contribution in [0.3, 0.4) is 0 Å². The van der Waals surface area contributed by atoms with E-state index in [-0.39, 0.29) is 5.41 Å². The van der Waals surface area contributed by atoms with Crippen molar-refractivity contribution >= 4 is 17.6 Å². The van der Waals surface area contributed by atoms with Crippen LogP contribution in [0, 0.1) is 5.41 Å². The highest BCUT2D eigenvalue weighted by atomic mass is 32.2. The molecule has 0 aromatic carbocycles. The molecule has 2 N–H and O–H groups in total. The van der Waals surface area contributed by atoms with Crippen LogP contribution in [0.25, 0.3) is 0 Å². The molecule has 0 saturated carbocycles. The number of nitrogens with zero attached hydrogens (tertiary/aromatic N) is 2. The molecule has 0 atom stereocenters. The van der Waals surface area contributed by atoms with Gasteiger partial charge in [0, 0.05) is 23.6 Å². The monoisotopic (exact) mass is 211 g/mol. The maximum Gasteiger partial charge on any atom is 0.156 e. The van der Waals surface area contributed by atoms with Gasteiger partial charge in [0.25, 0.3) is 0 Å². The molecule has 0 unspecified atom stereocenters. The van der Waals surface area contributed by atoms with E-state index in [9.17, 15) is 0 Å². The molecular formula is C9H13N3OS. The Morgan fingerprint density at radius 3 is 2.79 bits per heavy atom. The molecule has 0 amide bonds. The summed E-state index contributed by atoms with van der Waals surface area (Å²) < 4.78 is 5.18. The summed E-state index contributed by atoms with van der Waals surface area (Å²) in [5, 5.41) is 0.820. The quantitative estimate of drug-likeness (QED) is 0.761. The van der Waals surface area contributed by atoms with Crippen molar-refractivity contribution in [1.82, 2.24) is 9.97 Å². The number of aromatic nitrogens is 2. The first-order chi connectivity index (χ1) is 6.70. The van der Waals surface area contributed by atoms with E-state index in [0.717, 1.165) is 24.0 Å². The Balaban J connectivity index is 1.95. The summed E-state index contributed by atoms with van der Waals surface area (Å²) in [4.78, 5) is 8.16. The van der Waals surface area contributed by atoms with Gasteiger partial charge in [0.1, 0.15) is 5.03 Å². The van der Waals surface area contributed by atoms with E-state index >= 15 is 0 Å². The molecule has 1 aromatic rings. The van der Waals surface area contributed by atoms with Crippen molar-refractivity contribution in [2.45, 2.75) is 11.9 Å². The minimum Gasteiger partial charge on any atom is -0.381 e. The predicted molar refractivity (Wildman–Crippen MR) is 56.1 cm³/mol. The largest absolute Gasteiger partial charge is 0.381 e. The van der Waals surface area contributed by atoms with E-state index in [1.54, 1.807) is 24.2 Å². The molecule has 1 aliphatic rings. The lowest BCUT2D eigenvalue weighted by atomic mass is 9.92. The summed E-state index contributed by atoms with van der Waals surface area (Å²) in [5.74, 6) is 1.50. The van der Waals surface area contributed by atoms with Crippen LogP contribution < -0.4 is 5.73 Å². The Bertz CT molecular complexity index is 328. The lowest BCUT2D eigenvalue weighted by molar-refractivity contribution is -0.0861. The molecule has 76 valence electrons. The summed E-state index contributed by atoms with van der Waals surface area (Å²) in [7, 11) is 0. The molecule has 5 heteroatoms. The molecular weight excluding hydrogens is 198 g/mol. The summed E-state index contributed by atoms with van der Waals surface area (Å²) in [6.07, 6.45) is 3.27. The maximum absolute atomic E-state index is 5.68. The van der Waals surface area contributed by atoms with Crippen LogP contribution >= 0.6 is 11.8 Å². The molecule has 2 heterocycles. The molecule has 0 aliphatic carbocycles. The van der Waals surface area contributed by atoms with E-state index in [1.165, 1.54) is 0 Å². The third-order valence-electron chi connectivity index (χ3n) is 2.15. The fraction of sp³-hybridized carbons (Fsp3) is 0.556. The van der Waals surface area contributed by atoms with Gasteiger partial charge in [-0.05, 0) is 0 Å². The van der Waals surface area contributed by atoms with Crippen molar-refractivity contribution in [1.29, 1.82) is 0 Å². The number of nitrogen functional groups attached to an aromatic ring is 1. The number of hydrogen-bond donors (Lipinski definition) is 1. The van der Waals surface area contributed by atoms with Crippen LogP contribution in [0.2, 0.25) is 0 Å². The van der Waals surface area contributed by atoms with Crippen LogP contribution in [-0.4, -0.2) is 28.9 Å². The summed E-state index contributed by atoms with van der Waals surface area (Å²) in [5.41, 5.74) is 5.97. The van der Waals surface area contributed by atoms with Crippen LogP contribution in [0.5, 0.6) is 0 Å². The predicted octanol–water partition coefficient (Wildman–Crippen LogP) is 1.19. The highest BCUT2D eigenvalue weighted by Crippen LogP contribution is 2.34. The molecule has 0 spiro atoms. The molecule has 14 heavy (non-hydrogen) atoms. The molecule has 0 radical (unpaired) electrons. The Labute approximate surface area is 87.3 Å². The van der Waals surface area contributed by atoms with E-state index in [1.807, 2.05) is 0 Å². The molecule has 4 nitrogen and oxygen atoms in total. The number of ether oxygens (including phenoxy) is 1. The van der Waals surface area contributed by atoms with Crippen molar-refractivity contribution in [2.75, 3.05) is 24.7 Å². The fourth-order valence-electron chi connectivity index (χ4n) is 1.22. The van der Waals surface area contributed by atoms with Crippen LogP contribution in [-0.2, 0) is 4.74 Å². The minimum absolute atomic E-state index is 0.286. The highest BCUT2D eigenvalue weighted by molar-refractivity contribution is 7.99. The van der Waals surface area contributed by atoms with Crippen LogP contribution in [0.15, 0.2) is 17.4 Å². The van der Waals surface area contributed by atoms with E-state index in [4.69, 9.17) is 10.5 Å². The molecule has 1 saturated heterocycles. The van der Waals surface area contributed by atoms with Crippen molar-refractivity contribution in [3.8, 4) is 0 Å². The maximum atomic E-state index is 5.68. The van der Waals surface area contributed by atoms with Gasteiger partial charge in [-0.3, -0.25) is 0 Å². The second-order valence-electron chi connectivity index (χ2n) is 3.84. The zero-order valence-electron chi connectivity index (χ0n) is 8.06. The van der Waals surface area contributed by atoms with Gasteiger partial charge < -0.3 is 10.5 Å². The summed E-state index contributed by atoms with van der Waals surface area (Å²) >= 11 is 1.65. The van der Waals surface area contributed by atoms with Gasteiger partial charge in [0.2, 0.25) is 0 Å². The third-order valence-corrected chi connectivity index (χ3v) is 3.58. The smallest absolute Gasteiger partial charge is 0.156 e. The number of hydrogen-bond acceptors (Lipinski definition) is 5. The van der Waals surface area contributed by atoms with E-state index in [0.29, 0.717) is 5.82 Å². The third kappa shape index (κ3) is 1.99. The molecule has 1 aliphatic heterocycles. The van der Waals surface area contributed by atoms with E-state index < -0.39 is 0 Å². The van der Waals surface area contributed by atoms with Crippen molar-refractivity contribution in [2.24, 2.45) is 5.41 Å². The van der Waals surface area contributed by atoms with Crippen molar-refractivity contribution in [3.63, 3.8) is 0 Å². The molecule has 0 bridgehead atoms. The number of thioether (sulfide) groups is 1. The first kappa shape index (κ1) is 9.73. The second-order valence-corrected chi connectivity index (χ2v) is 4.80. The fourth-order valence-corrected chi connectivity index (χ4v) is 2.21. The topological polar surface area (TPSA) is 61.0 Å². The van der Waals surface area contributed by atoms with Crippen LogP contribution in [0.4, 0.5) is 5.82 Å². The van der Waals surface area contributed by atoms with Gasteiger partial charge in [0.15, 0.2) is 5.82 Å². The van der Waals surface area contributed by atoms with Crippen molar-refractivity contribution < 1.29 is 4.74 Å².